The Morgan fingerprint density at radius 1 is 1.37 bits per heavy atom. The van der Waals surface area contributed by atoms with E-state index in [1.54, 1.807) is 25.2 Å². The maximum absolute atomic E-state index is 11.7. The number of benzene rings is 1. The Balaban J connectivity index is 2.04. The molecule has 19 heavy (non-hydrogen) atoms. The average molecular weight is 257 g/mol. The summed E-state index contributed by atoms with van der Waals surface area (Å²) in [6.07, 6.45) is 1.79. The standard InChI is InChI=1S/C15H19N3O/c1-11(15(19)18(2)3)17-10-12-6-7-14-13(9-12)5-4-8-16-14/h4-9,11,17H,10H2,1-3H3. The highest BCUT2D eigenvalue weighted by Gasteiger charge is 2.13. The molecule has 4 heteroatoms. The molecule has 1 amide bonds. The number of carbonyl (C=O) groups excluding carboxylic acids is 1. The molecular formula is C15H19N3O. The monoisotopic (exact) mass is 257 g/mol. The zero-order valence-corrected chi connectivity index (χ0v) is 11.6. The van der Waals surface area contributed by atoms with Gasteiger partial charge in [-0.1, -0.05) is 12.1 Å². The lowest BCUT2D eigenvalue weighted by atomic mass is 10.1. The van der Waals surface area contributed by atoms with Crippen LogP contribution < -0.4 is 5.32 Å². The first-order chi connectivity index (χ1) is 9.08. The maximum Gasteiger partial charge on any atom is 0.238 e. The number of amides is 1. The molecule has 0 bridgehead atoms. The average Bonchev–Trinajstić information content (AvgIpc) is 2.43. The smallest absolute Gasteiger partial charge is 0.238 e. The molecule has 1 unspecified atom stereocenters. The Morgan fingerprint density at radius 2 is 2.16 bits per heavy atom. The summed E-state index contributed by atoms with van der Waals surface area (Å²) in [5.41, 5.74) is 2.14. The first-order valence-corrected chi connectivity index (χ1v) is 6.36. The molecular weight excluding hydrogens is 238 g/mol. The topological polar surface area (TPSA) is 45.2 Å². The summed E-state index contributed by atoms with van der Waals surface area (Å²) in [6.45, 7) is 2.55. The Bertz CT molecular complexity index is 580. The third-order valence-corrected chi connectivity index (χ3v) is 3.09. The summed E-state index contributed by atoms with van der Waals surface area (Å²) in [6, 6.07) is 9.93. The van der Waals surface area contributed by atoms with E-state index in [-0.39, 0.29) is 11.9 Å². The van der Waals surface area contributed by atoms with E-state index in [1.165, 1.54) is 0 Å². The summed E-state index contributed by atoms with van der Waals surface area (Å²) in [5.74, 6) is 0.0856. The van der Waals surface area contributed by atoms with Crippen LogP contribution in [0, 0.1) is 0 Å². The molecule has 0 aliphatic rings. The van der Waals surface area contributed by atoms with Crippen LogP contribution in [0.15, 0.2) is 36.5 Å². The minimum absolute atomic E-state index is 0.0856. The van der Waals surface area contributed by atoms with Gasteiger partial charge >= 0.3 is 0 Å². The van der Waals surface area contributed by atoms with Gasteiger partial charge in [0.1, 0.15) is 0 Å². The van der Waals surface area contributed by atoms with Gasteiger partial charge < -0.3 is 10.2 Å². The number of carbonyl (C=O) groups is 1. The molecule has 0 saturated heterocycles. The normalized spacial score (nSPS) is 12.4. The van der Waals surface area contributed by atoms with Crippen LogP contribution in [0.5, 0.6) is 0 Å². The van der Waals surface area contributed by atoms with E-state index < -0.39 is 0 Å². The van der Waals surface area contributed by atoms with Gasteiger partial charge in [-0.3, -0.25) is 9.78 Å². The van der Waals surface area contributed by atoms with Crippen molar-refractivity contribution in [1.82, 2.24) is 15.2 Å². The van der Waals surface area contributed by atoms with Gasteiger partial charge in [0.15, 0.2) is 0 Å². The van der Waals surface area contributed by atoms with Crippen LogP contribution >= 0.6 is 0 Å². The minimum Gasteiger partial charge on any atom is -0.347 e. The van der Waals surface area contributed by atoms with Crippen molar-refractivity contribution in [2.45, 2.75) is 19.5 Å². The van der Waals surface area contributed by atoms with Gasteiger partial charge in [-0.05, 0) is 30.7 Å². The first kappa shape index (κ1) is 13.5. The summed E-state index contributed by atoms with van der Waals surface area (Å²) >= 11 is 0. The third-order valence-electron chi connectivity index (χ3n) is 3.09. The Labute approximate surface area is 113 Å². The molecule has 0 aliphatic carbocycles. The highest BCUT2D eigenvalue weighted by Crippen LogP contribution is 2.13. The zero-order valence-electron chi connectivity index (χ0n) is 11.6. The van der Waals surface area contributed by atoms with Crippen molar-refractivity contribution < 1.29 is 4.79 Å². The predicted molar refractivity (Wildman–Crippen MR) is 76.7 cm³/mol. The van der Waals surface area contributed by atoms with E-state index in [0.29, 0.717) is 6.54 Å². The van der Waals surface area contributed by atoms with Gasteiger partial charge in [0.05, 0.1) is 11.6 Å². The lowest BCUT2D eigenvalue weighted by Crippen LogP contribution is -2.41. The number of rotatable bonds is 4. The number of nitrogens with zero attached hydrogens (tertiary/aromatic N) is 2. The van der Waals surface area contributed by atoms with Gasteiger partial charge in [0.2, 0.25) is 5.91 Å². The van der Waals surface area contributed by atoms with Crippen LogP contribution in [0.3, 0.4) is 0 Å². The van der Waals surface area contributed by atoms with Crippen LogP contribution in [-0.2, 0) is 11.3 Å². The second kappa shape index (κ2) is 5.80. The number of likely N-dealkylation sites (N-methyl/N-ethyl adjacent to an activating group) is 1. The second-order valence-corrected chi connectivity index (χ2v) is 4.87. The van der Waals surface area contributed by atoms with Crippen LogP contribution in [0.2, 0.25) is 0 Å². The maximum atomic E-state index is 11.7. The molecule has 0 fully saturated rings. The zero-order chi connectivity index (χ0) is 13.8. The molecule has 0 radical (unpaired) electrons. The highest BCUT2D eigenvalue weighted by molar-refractivity contribution is 5.81. The largest absolute Gasteiger partial charge is 0.347 e. The SMILES string of the molecule is CC(NCc1ccc2ncccc2c1)C(=O)N(C)C. The van der Waals surface area contributed by atoms with Gasteiger partial charge in [-0.25, -0.2) is 0 Å². The van der Waals surface area contributed by atoms with Crippen molar-refractivity contribution in [2.24, 2.45) is 0 Å². The van der Waals surface area contributed by atoms with Crippen molar-refractivity contribution in [2.75, 3.05) is 14.1 Å². The van der Waals surface area contributed by atoms with Crippen molar-refractivity contribution in [3.05, 3.63) is 42.1 Å². The summed E-state index contributed by atoms with van der Waals surface area (Å²) < 4.78 is 0. The van der Waals surface area contributed by atoms with Crippen molar-refractivity contribution in [3.63, 3.8) is 0 Å². The summed E-state index contributed by atoms with van der Waals surface area (Å²) in [7, 11) is 3.53. The third kappa shape index (κ3) is 3.29. The number of hydrogen-bond acceptors (Lipinski definition) is 3. The molecule has 1 aromatic heterocycles. The molecule has 2 aromatic rings. The predicted octanol–water partition coefficient (Wildman–Crippen LogP) is 1.80. The first-order valence-electron chi connectivity index (χ1n) is 6.36. The fourth-order valence-electron chi connectivity index (χ4n) is 1.98. The number of pyridine rings is 1. The van der Waals surface area contributed by atoms with Gasteiger partial charge in [0.25, 0.3) is 0 Å². The van der Waals surface area contributed by atoms with Crippen molar-refractivity contribution in [3.8, 4) is 0 Å². The summed E-state index contributed by atoms with van der Waals surface area (Å²) in [5, 5.41) is 4.35. The van der Waals surface area contributed by atoms with E-state index in [9.17, 15) is 4.79 Å². The van der Waals surface area contributed by atoms with Crippen molar-refractivity contribution in [1.29, 1.82) is 0 Å². The van der Waals surface area contributed by atoms with Gasteiger partial charge in [-0.15, -0.1) is 0 Å². The van der Waals surface area contributed by atoms with E-state index in [2.05, 4.69) is 16.4 Å². The molecule has 4 nitrogen and oxygen atoms in total. The summed E-state index contributed by atoms with van der Waals surface area (Å²) in [4.78, 5) is 17.6. The van der Waals surface area contributed by atoms with E-state index in [0.717, 1.165) is 16.5 Å². The molecule has 100 valence electrons. The number of fused-ring (bicyclic) bond motifs is 1. The Hall–Kier alpha value is -1.94. The molecule has 1 heterocycles. The Morgan fingerprint density at radius 3 is 2.89 bits per heavy atom. The molecule has 1 atom stereocenters. The number of aromatic nitrogens is 1. The number of nitrogens with one attached hydrogen (secondary N) is 1. The van der Waals surface area contributed by atoms with Crippen LogP contribution in [0.25, 0.3) is 10.9 Å². The van der Waals surface area contributed by atoms with Crippen molar-refractivity contribution >= 4 is 16.8 Å². The number of hydrogen-bond donors (Lipinski definition) is 1. The van der Waals surface area contributed by atoms with E-state index in [4.69, 9.17) is 0 Å². The molecule has 1 N–H and O–H groups in total. The molecule has 0 aliphatic heterocycles. The van der Waals surface area contributed by atoms with Crippen LogP contribution in [0.1, 0.15) is 12.5 Å². The van der Waals surface area contributed by atoms with Crippen LogP contribution in [-0.4, -0.2) is 35.9 Å². The lowest BCUT2D eigenvalue weighted by molar-refractivity contribution is -0.130. The highest BCUT2D eigenvalue weighted by atomic mass is 16.2. The van der Waals surface area contributed by atoms with Gasteiger partial charge in [-0.2, -0.15) is 0 Å². The second-order valence-electron chi connectivity index (χ2n) is 4.87. The van der Waals surface area contributed by atoms with Gasteiger partial charge in [0, 0.05) is 32.2 Å². The van der Waals surface area contributed by atoms with E-state index >= 15 is 0 Å². The molecule has 0 spiro atoms. The molecule has 2 rings (SSSR count). The Kier molecular flexibility index (Phi) is 4.12. The fourth-order valence-corrected chi connectivity index (χ4v) is 1.98. The molecule has 0 saturated carbocycles. The fraction of sp³-hybridized carbons (Fsp3) is 0.333. The van der Waals surface area contributed by atoms with E-state index in [1.807, 2.05) is 31.2 Å². The minimum atomic E-state index is -0.181. The molecule has 1 aromatic carbocycles. The van der Waals surface area contributed by atoms with Crippen LogP contribution in [0.4, 0.5) is 0 Å². The quantitative estimate of drug-likeness (QED) is 0.908. The lowest BCUT2D eigenvalue weighted by Gasteiger charge is -2.18.